The zero-order valence-electron chi connectivity index (χ0n) is 18.6. The number of hydrogen-bond donors (Lipinski definition) is 1. The first kappa shape index (κ1) is 22.1. The Morgan fingerprint density at radius 1 is 0.853 bits per heavy atom. The Labute approximate surface area is 197 Å². The van der Waals surface area contributed by atoms with Crippen molar-refractivity contribution in [2.45, 2.75) is 4.90 Å². The van der Waals surface area contributed by atoms with Gasteiger partial charge in [-0.2, -0.15) is 5.10 Å². The van der Waals surface area contributed by atoms with Gasteiger partial charge in [0.2, 0.25) is 0 Å². The second kappa shape index (κ2) is 8.90. The number of aromatic nitrogens is 3. The van der Waals surface area contributed by atoms with E-state index < -0.39 is 9.84 Å². The summed E-state index contributed by atoms with van der Waals surface area (Å²) in [6, 6.07) is 18.9. The maximum atomic E-state index is 13.7. The number of hydrogen-bond acceptors (Lipinski definition) is 6. The summed E-state index contributed by atoms with van der Waals surface area (Å²) in [5.74, 6) is 1.43. The molecule has 0 radical (unpaired) electrons. The van der Waals surface area contributed by atoms with E-state index in [0.29, 0.717) is 0 Å². The Morgan fingerprint density at radius 2 is 1.50 bits per heavy atom. The third kappa shape index (κ3) is 4.38. The van der Waals surface area contributed by atoms with Crippen molar-refractivity contribution in [1.29, 1.82) is 0 Å². The smallest absolute Gasteiger partial charge is 0.175 e. The van der Waals surface area contributed by atoms with Gasteiger partial charge in [-0.25, -0.2) is 17.8 Å². The van der Waals surface area contributed by atoms with Crippen molar-refractivity contribution >= 4 is 21.5 Å². The van der Waals surface area contributed by atoms with Crippen LogP contribution in [0.3, 0.4) is 0 Å². The van der Waals surface area contributed by atoms with Gasteiger partial charge in [-0.1, -0.05) is 30.3 Å². The highest BCUT2D eigenvalue weighted by Crippen LogP contribution is 2.38. The number of pyridine rings is 1. The topological polar surface area (TPSA) is 82.2 Å². The van der Waals surface area contributed by atoms with Gasteiger partial charge < -0.3 is 9.80 Å². The van der Waals surface area contributed by atoms with Crippen molar-refractivity contribution in [3.05, 3.63) is 78.7 Å². The van der Waals surface area contributed by atoms with Gasteiger partial charge in [0.25, 0.3) is 0 Å². The van der Waals surface area contributed by atoms with Crippen LogP contribution in [0.25, 0.3) is 22.4 Å². The lowest BCUT2D eigenvalue weighted by Crippen LogP contribution is -2.47. The molecule has 1 aliphatic heterocycles. The third-order valence-electron chi connectivity index (χ3n) is 6.00. The van der Waals surface area contributed by atoms with Gasteiger partial charge in [0.1, 0.15) is 11.6 Å². The fourth-order valence-electron chi connectivity index (χ4n) is 4.22. The Hall–Kier alpha value is -3.72. The maximum Gasteiger partial charge on any atom is 0.175 e. The molecule has 0 bridgehead atoms. The van der Waals surface area contributed by atoms with E-state index in [-0.39, 0.29) is 10.7 Å². The van der Waals surface area contributed by atoms with Gasteiger partial charge in [0.05, 0.1) is 16.2 Å². The number of halogens is 1. The Balaban J connectivity index is 1.50. The van der Waals surface area contributed by atoms with Crippen LogP contribution in [0.2, 0.25) is 0 Å². The Bertz CT molecular complexity index is 1380. The number of nitrogens with zero attached hydrogens (tertiary/aromatic N) is 4. The first-order chi connectivity index (χ1) is 16.4. The highest BCUT2D eigenvalue weighted by Gasteiger charge is 2.25. The highest BCUT2D eigenvalue weighted by molar-refractivity contribution is 7.90. The molecule has 0 amide bonds. The van der Waals surface area contributed by atoms with Crippen LogP contribution in [0.4, 0.5) is 16.0 Å². The lowest BCUT2D eigenvalue weighted by molar-refractivity contribution is 0.602. The second-order valence-electron chi connectivity index (χ2n) is 8.26. The molecule has 1 aliphatic rings. The molecule has 2 aromatic heterocycles. The molecule has 0 aliphatic carbocycles. The van der Waals surface area contributed by atoms with Crippen LogP contribution in [-0.2, 0) is 9.84 Å². The van der Waals surface area contributed by atoms with E-state index >= 15 is 0 Å². The predicted molar refractivity (Wildman–Crippen MR) is 131 cm³/mol. The number of benzene rings is 2. The number of aromatic amines is 1. The lowest BCUT2D eigenvalue weighted by atomic mass is 10.00. The van der Waals surface area contributed by atoms with E-state index in [2.05, 4.69) is 25.0 Å². The molecule has 3 heterocycles. The Kier molecular flexibility index (Phi) is 5.79. The molecule has 9 heteroatoms. The molecule has 5 rings (SSSR count). The molecule has 34 heavy (non-hydrogen) atoms. The Morgan fingerprint density at radius 3 is 2.12 bits per heavy atom. The summed E-state index contributed by atoms with van der Waals surface area (Å²) < 4.78 is 37.4. The third-order valence-corrected chi connectivity index (χ3v) is 7.13. The van der Waals surface area contributed by atoms with E-state index in [4.69, 9.17) is 0 Å². The van der Waals surface area contributed by atoms with Crippen LogP contribution < -0.4 is 9.80 Å². The molecule has 1 N–H and O–H groups in total. The van der Waals surface area contributed by atoms with E-state index in [9.17, 15) is 12.8 Å². The van der Waals surface area contributed by atoms with Gasteiger partial charge in [-0.05, 0) is 42.0 Å². The summed E-state index contributed by atoms with van der Waals surface area (Å²) in [7, 11) is -3.29. The van der Waals surface area contributed by atoms with E-state index in [1.54, 1.807) is 42.6 Å². The lowest BCUT2D eigenvalue weighted by Gasteiger charge is -2.36. The standard InChI is InChI=1S/C25H24FN5O2S/c1-34(32,33)21-11-7-19(8-12-21)24-23(18-5-9-20(26)10-6-18)25(29-28-24)31-16-14-30(15-17-31)22-4-2-3-13-27-22/h2-13H,14-17H2,1H3,(H,28,29). The van der Waals surface area contributed by atoms with Crippen LogP contribution in [0, 0.1) is 5.82 Å². The molecule has 1 fully saturated rings. The van der Waals surface area contributed by atoms with Crippen LogP contribution in [0.5, 0.6) is 0 Å². The van der Waals surface area contributed by atoms with Crippen molar-refractivity contribution in [2.24, 2.45) is 0 Å². The van der Waals surface area contributed by atoms with Crippen LogP contribution in [0.15, 0.2) is 77.8 Å². The molecule has 4 aromatic rings. The zero-order valence-corrected chi connectivity index (χ0v) is 19.5. The first-order valence-corrected chi connectivity index (χ1v) is 12.8. The minimum Gasteiger partial charge on any atom is -0.353 e. The average molecular weight is 478 g/mol. The van der Waals surface area contributed by atoms with E-state index in [1.807, 2.05) is 18.2 Å². The van der Waals surface area contributed by atoms with Gasteiger partial charge >= 0.3 is 0 Å². The fraction of sp³-hybridized carbons (Fsp3) is 0.200. The summed E-state index contributed by atoms with van der Waals surface area (Å²) in [5, 5.41) is 7.78. The zero-order chi connectivity index (χ0) is 23.7. The quantitative estimate of drug-likeness (QED) is 0.468. The van der Waals surface area contributed by atoms with Gasteiger partial charge in [0, 0.05) is 44.2 Å². The molecule has 0 saturated carbocycles. The summed E-state index contributed by atoms with van der Waals surface area (Å²) >= 11 is 0. The summed E-state index contributed by atoms with van der Waals surface area (Å²) in [4.78, 5) is 9.16. The first-order valence-electron chi connectivity index (χ1n) is 11.0. The number of nitrogens with one attached hydrogen (secondary N) is 1. The molecule has 0 spiro atoms. The molecule has 1 saturated heterocycles. The van der Waals surface area contributed by atoms with Crippen molar-refractivity contribution in [1.82, 2.24) is 15.2 Å². The maximum absolute atomic E-state index is 13.7. The second-order valence-corrected chi connectivity index (χ2v) is 10.3. The van der Waals surface area contributed by atoms with Crippen LogP contribution in [0.1, 0.15) is 0 Å². The number of piperazine rings is 1. The summed E-state index contributed by atoms with van der Waals surface area (Å²) in [6.07, 6.45) is 2.98. The van der Waals surface area contributed by atoms with E-state index in [1.165, 1.54) is 18.4 Å². The molecule has 7 nitrogen and oxygen atoms in total. The highest BCUT2D eigenvalue weighted by atomic mass is 32.2. The molecular formula is C25H24FN5O2S. The molecule has 2 aromatic carbocycles. The number of H-pyrrole nitrogens is 1. The largest absolute Gasteiger partial charge is 0.353 e. The van der Waals surface area contributed by atoms with E-state index in [0.717, 1.165) is 60.2 Å². The van der Waals surface area contributed by atoms with Gasteiger partial charge in [-0.15, -0.1) is 0 Å². The molecule has 174 valence electrons. The SMILES string of the molecule is CS(=O)(=O)c1ccc(-c2[nH]nc(N3CCN(c4ccccn4)CC3)c2-c2ccc(F)cc2)cc1. The fourth-order valence-corrected chi connectivity index (χ4v) is 4.85. The minimum atomic E-state index is -3.29. The molecule has 0 unspecified atom stereocenters. The summed E-state index contributed by atoms with van der Waals surface area (Å²) in [6.45, 7) is 3.10. The van der Waals surface area contributed by atoms with Crippen molar-refractivity contribution in [3.8, 4) is 22.4 Å². The molecule has 0 atom stereocenters. The minimum absolute atomic E-state index is 0.255. The van der Waals surface area contributed by atoms with Crippen molar-refractivity contribution < 1.29 is 12.8 Å². The molecular weight excluding hydrogens is 453 g/mol. The monoisotopic (exact) mass is 477 g/mol. The predicted octanol–water partition coefficient (Wildman–Crippen LogP) is 4.01. The van der Waals surface area contributed by atoms with Crippen molar-refractivity contribution in [2.75, 3.05) is 42.2 Å². The average Bonchev–Trinajstić information content (AvgIpc) is 3.30. The van der Waals surface area contributed by atoms with Crippen molar-refractivity contribution in [3.63, 3.8) is 0 Å². The number of rotatable bonds is 5. The van der Waals surface area contributed by atoms with Gasteiger partial charge in [-0.3, -0.25) is 5.10 Å². The van der Waals surface area contributed by atoms with Gasteiger partial charge in [0.15, 0.2) is 15.7 Å². The number of sulfone groups is 1. The van der Waals surface area contributed by atoms with Crippen LogP contribution >= 0.6 is 0 Å². The number of anilines is 2. The van der Waals surface area contributed by atoms with Crippen LogP contribution in [-0.4, -0.2) is 56.0 Å². The normalized spacial score (nSPS) is 14.4. The summed E-state index contributed by atoms with van der Waals surface area (Å²) in [5.41, 5.74) is 3.25.